The third kappa shape index (κ3) is 4.32. The Morgan fingerprint density at radius 2 is 1.68 bits per heavy atom. The molecular weight excluding hydrogens is 391 g/mol. The van der Waals surface area contributed by atoms with Crippen molar-refractivity contribution >= 4 is 5.69 Å². The Kier molecular flexibility index (Phi) is 6.05. The molecule has 0 N–H and O–H groups in total. The third-order valence-corrected chi connectivity index (χ3v) is 6.44. The van der Waals surface area contributed by atoms with Crippen molar-refractivity contribution in [1.82, 2.24) is 25.1 Å². The fraction of sp³-hybridized carbons (Fsp3) is 0.458. The average Bonchev–Trinajstić information content (AvgIpc) is 3.27. The van der Waals surface area contributed by atoms with Crippen LogP contribution in [0.15, 0.2) is 48.5 Å². The molecule has 0 bridgehead atoms. The van der Waals surface area contributed by atoms with Gasteiger partial charge in [0.2, 0.25) is 0 Å². The molecule has 1 aromatic heterocycles. The molecule has 6 nitrogen and oxygen atoms in total. The molecule has 0 amide bonds. The number of nitrogens with zero attached hydrogens (tertiary/aromatic N) is 6. The highest BCUT2D eigenvalue weighted by Crippen LogP contribution is 2.32. The van der Waals surface area contributed by atoms with Gasteiger partial charge in [-0.15, -0.1) is 5.10 Å². The van der Waals surface area contributed by atoms with Gasteiger partial charge in [-0.2, -0.15) is 0 Å². The van der Waals surface area contributed by atoms with Gasteiger partial charge < -0.3 is 4.90 Å². The summed E-state index contributed by atoms with van der Waals surface area (Å²) in [6.45, 7) is 11.7. The molecular formula is C24H31FN6. The van der Waals surface area contributed by atoms with E-state index in [0.29, 0.717) is 5.69 Å². The lowest BCUT2D eigenvalue weighted by Crippen LogP contribution is -2.49. The predicted octanol–water partition coefficient (Wildman–Crippen LogP) is 4.18. The Morgan fingerprint density at radius 3 is 2.32 bits per heavy atom. The van der Waals surface area contributed by atoms with Gasteiger partial charge in [0.15, 0.2) is 5.82 Å². The number of tetrazole rings is 1. The monoisotopic (exact) mass is 422 g/mol. The molecule has 0 radical (unpaired) electrons. The maximum absolute atomic E-state index is 14.3. The molecule has 2 heterocycles. The first kappa shape index (κ1) is 21.4. The lowest BCUT2D eigenvalue weighted by Gasteiger charge is -2.40. The van der Waals surface area contributed by atoms with Gasteiger partial charge >= 0.3 is 0 Å². The van der Waals surface area contributed by atoms with E-state index in [9.17, 15) is 4.39 Å². The van der Waals surface area contributed by atoms with Crippen LogP contribution in [0, 0.1) is 12.7 Å². The first-order valence-corrected chi connectivity index (χ1v) is 11.0. The van der Waals surface area contributed by atoms with Crippen LogP contribution >= 0.6 is 0 Å². The predicted molar refractivity (Wildman–Crippen MR) is 121 cm³/mol. The number of halogens is 1. The highest BCUT2D eigenvalue weighted by Gasteiger charge is 2.34. The first-order valence-electron chi connectivity index (χ1n) is 11.0. The fourth-order valence-electron chi connectivity index (χ4n) is 4.15. The van der Waals surface area contributed by atoms with E-state index in [1.54, 1.807) is 6.07 Å². The van der Waals surface area contributed by atoms with E-state index in [0.717, 1.165) is 38.4 Å². The van der Waals surface area contributed by atoms with Gasteiger partial charge in [-0.3, -0.25) is 4.90 Å². The van der Waals surface area contributed by atoms with Gasteiger partial charge in [0, 0.05) is 26.2 Å². The summed E-state index contributed by atoms with van der Waals surface area (Å²) >= 11 is 0. The summed E-state index contributed by atoms with van der Waals surface area (Å²) in [5, 5.41) is 12.9. The van der Waals surface area contributed by atoms with Crippen molar-refractivity contribution in [2.24, 2.45) is 0 Å². The Bertz CT molecular complexity index is 1000. The summed E-state index contributed by atoms with van der Waals surface area (Å²) in [5.74, 6) is 0.690. The second-order valence-electron chi connectivity index (χ2n) is 8.90. The number of aryl methyl sites for hydroxylation is 1. The van der Waals surface area contributed by atoms with Crippen LogP contribution in [-0.2, 0) is 5.54 Å². The SMILES string of the molecule is CCC(C)(C)n1nnnc1[C@@H](c1ccc(C)cc1)N1CCN(c2ccccc2F)CC1. The molecule has 1 aliphatic rings. The molecule has 3 aromatic rings. The molecule has 0 unspecified atom stereocenters. The largest absolute Gasteiger partial charge is 0.367 e. The van der Waals surface area contributed by atoms with Crippen molar-refractivity contribution in [2.45, 2.75) is 45.7 Å². The lowest BCUT2D eigenvalue weighted by molar-refractivity contribution is 0.187. The molecule has 1 atom stereocenters. The molecule has 4 rings (SSSR count). The van der Waals surface area contributed by atoms with E-state index < -0.39 is 0 Å². The van der Waals surface area contributed by atoms with Gasteiger partial charge in [-0.25, -0.2) is 9.07 Å². The van der Waals surface area contributed by atoms with Gasteiger partial charge in [-0.05, 0) is 55.3 Å². The molecule has 0 aliphatic carbocycles. The van der Waals surface area contributed by atoms with Crippen molar-refractivity contribution in [3.63, 3.8) is 0 Å². The lowest BCUT2D eigenvalue weighted by atomic mass is 9.98. The zero-order chi connectivity index (χ0) is 22.0. The number of anilines is 1. The summed E-state index contributed by atoms with van der Waals surface area (Å²) in [4.78, 5) is 4.53. The number of hydrogen-bond acceptors (Lipinski definition) is 5. The average molecular weight is 423 g/mol. The summed E-state index contributed by atoms with van der Waals surface area (Å²) in [6, 6.07) is 15.6. The number of para-hydroxylation sites is 1. The molecule has 7 heteroatoms. The van der Waals surface area contributed by atoms with E-state index in [1.165, 1.54) is 17.2 Å². The van der Waals surface area contributed by atoms with Crippen LogP contribution in [0.25, 0.3) is 0 Å². The second kappa shape index (κ2) is 8.75. The number of aromatic nitrogens is 4. The van der Waals surface area contributed by atoms with Crippen LogP contribution in [0.4, 0.5) is 10.1 Å². The standard InChI is InChI=1S/C24H31FN6/c1-5-24(3,4)31-23(26-27-28-31)22(19-12-10-18(2)11-13-19)30-16-14-29(15-17-30)21-9-7-6-8-20(21)25/h6-13,22H,5,14-17H2,1-4H3/t22-/m1/s1. The van der Waals surface area contributed by atoms with E-state index in [1.807, 2.05) is 16.8 Å². The molecule has 164 valence electrons. The normalized spacial score (nSPS) is 16.5. The quantitative estimate of drug-likeness (QED) is 0.597. The number of piperazine rings is 1. The fourth-order valence-corrected chi connectivity index (χ4v) is 4.15. The molecule has 1 aliphatic heterocycles. The van der Waals surface area contributed by atoms with Crippen molar-refractivity contribution in [3.8, 4) is 0 Å². The Labute approximate surface area is 183 Å². The molecule has 1 saturated heterocycles. The number of rotatable bonds is 6. The van der Waals surface area contributed by atoms with Crippen molar-refractivity contribution in [2.75, 3.05) is 31.1 Å². The zero-order valence-electron chi connectivity index (χ0n) is 18.8. The Balaban J connectivity index is 1.65. The molecule has 0 spiro atoms. The highest BCUT2D eigenvalue weighted by molar-refractivity contribution is 5.48. The third-order valence-electron chi connectivity index (χ3n) is 6.44. The maximum atomic E-state index is 14.3. The Morgan fingerprint density at radius 1 is 1.00 bits per heavy atom. The minimum absolute atomic E-state index is 0.0517. The first-order chi connectivity index (χ1) is 14.9. The second-order valence-corrected chi connectivity index (χ2v) is 8.90. The summed E-state index contributed by atoms with van der Waals surface area (Å²) in [6.07, 6.45) is 0.923. The Hall–Kier alpha value is -2.80. The van der Waals surface area contributed by atoms with E-state index in [-0.39, 0.29) is 17.4 Å². The molecule has 1 fully saturated rings. The molecule has 0 saturated carbocycles. The molecule has 2 aromatic carbocycles. The summed E-state index contributed by atoms with van der Waals surface area (Å²) < 4.78 is 16.3. The molecule has 31 heavy (non-hydrogen) atoms. The van der Waals surface area contributed by atoms with E-state index in [4.69, 9.17) is 0 Å². The van der Waals surface area contributed by atoms with Crippen molar-refractivity contribution < 1.29 is 4.39 Å². The van der Waals surface area contributed by atoms with Gasteiger partial charge in [0.25, 0.3) is 0 Å². The van der Waals surface area contributed by atoms with Crippen LogP contribution in [0.3, 0.4) is 0 Å². The van der Waals surface area contributed by atoms with Crippen LogP contribution in [0.5, 0.6) is 0 Å². The topological polar surface area (TPSA) is 50.1 Å². The highest BCUT2D eigenvalue weighted by atomic mass is 19.1. The van der Waals surface area contributed by atoms with Crippen molar-refractivity contribution in [3.05, 3.63) is 71.3 Å². The van der Waals surface area contributed by atoms with Crippen LogP contribution in [0.1, 0.15) is 50.2 Å². The smallest absolute Gasteiger partial charge is 0.173 e. The van der Waals surface area contributed by atoms with E-state index >= 15 is 0 Å². The number of benzene rings is 2. The van der Waals surface area contributed by atoms with Crippen LogP contribution < -0.4 is 4.90 Å². The van der Waals surface area contributed by atoms with E-state index in [2.05, 4.69) is 77.3 Å². The number of hydrogen-bond donors (Lipinski definition) is 0. The van der Waals surface area contributed by atoms with Crippen LogP contribution in [0.2, 0.25) is 0 Å². The van der Waals surface area contributed by atoms with Gasteiger partial charge in [0.05, 0.1) is 17.3 Å². The zero-order valence-corrected chi connectivity index (χ0v) is 18.8. The van der Waals surface area contributed by atoms with Crippen molar-refractivity contribution in [1.29, 1.82) is 0 Å². The van der Waals surface area contributed by atoms with Crippen LogP contribution in [-0.4, -0.2) is 51.3 Å². The summed E-state index contributed by atoms with van der Waals surface area (Å²) in [7, 11) is 0. The minimum atomic E-state index is -0.184. The summed E-state index contributed by atoms with van der Waals surface area (Å²) in [5.41, 5.74) is 2.88. The van der Waals surface area contributed by atoms with Gasteiger partial charge in [-0.1, -0.05) is 48.9 Å². The maximum Gasteiger partial charge on any atom is 0.173 e. The minimum Gasteiger partial charge on any atom is -0.367 e. The van der Waals surface area contributed by atoms with Gasteiger partial charge in [0.1, 0.15) is 5.82 Å².